The van der Waals surface area contributed by atoms with Crippen LogP contribution >= 0.6 is 11.6 Å². The van der Waals surface area contributed by atoms with E-state index in [2.05, 4.69) is 11.2 Å². The second-order valence-corrected chi connectivity index (χ2v) is 6.48. The third-order valence-electron chi connectivity index (χ3n) is 3.27. The van der Waals surface area contributed by atoms with Gasteiger partial charge in [0.25, 0.3) is 0 Å². The lowest BCUT2D eigenvalue weighted by molar-refractivity contribution is 0.112. The van der Waals surface area contributed by atoms with Crippen LogP contribution < -0.4 is 0 Å². The maximum Gasteiger partial charge on any atom is 0.155 e. The molecule has 2 aromatic rings. The minimum absolute atomic E-state index is 0.232. The van der Waals surface area contributed by atoms with Gasteiger partial charge in [-0.3, -0.25) is 4.79 Å². The van der Waals surface area contributed by atoms with Crippen LogP contribution in [-0.2, 0) is 5.41 Å². The summed E-state index contributed by atoms with van der Waals surface area (Å²) in [5.74, 6) is 0. The fourth-order valence-corrected chi connectivity index (χ4v) is 2.53. The molecule has 0 aliphatic rings. The van der Waals surface area contributed by atoms with Gasteiger partial charge in [0.1, 0.15) is 5.15 Å². The third-order valence-corrected chi connectivity index (χ3v) is 3.64. The molecule has 0 aliphatic heterocycles. The van der Waals surface area contributed by atoms with Crippen LogP contribution in [0, 0.1) is 13.8 Å². The Hall–Kier alpha value is -1.61. The Morgan fingerprint density at radius 2 is 1.90 bits per heavy atom. The molecule has 0 amide bonds. The molecule has 4 heteroatoms. The lowest BCUT2D eigenvalue weighted by atomic mass is 9.90. The summed E-state index contributed by atoms with van der Waals surface area (Å²) in [6, 6.07) is 6.06. The van der Waals surface area contributed by atoms with Gasteiger partial charge in [-0.2, -0.15) is 5.10 Å². The van der Waals surface area contributed by atoms with Gasteiger partial charge in [0.05, 0.1) is 16.9 Å². The molecule has 0 radical (unpaired) electrons. The van der Waals surface area contributed by atoms with Gasteiger partial charge in [0.15, 0.2) is 6.29 Å². The summed E-state index contributed by atoms with van der Waals surface area (Å²) in [6.07, 6.45) is 0.788. The van der Waals surface area contributed by atoms with Crippen molar-refractivity contribution in [1.29, 1.82) is 0 Å². The molecule has 3 nitrogen and oxygen atoms in total. The number of hydrogen-bond donors (Lipinski definition) is 0. The van der Waals surface area contributed by atoms with Crippen LogP contribution in [0.1, 0.15) is 48.0 Å². The fraction of sp³-hybridized carbons (Fsp3) is 0.375. The summed E-state index contributed by atoms with van der Waals surface area (Å²) in [5, 5.41) is 4.94. The van der Waals surface area contributed by atoms with Crippen molar-refractivity contribution >= 4 is 17.9 Å². The van der Waals surface area contributed by atoms with Crippen LogP contribution in [0.4, 0.5) is 0 Å². The molecule has 0 atom stereocenters. The van der Waals surface area contributed by atoms with Gasteiger partial charge in [-0.15, -0.1) is 0 Å². The van der Waals surface area contributed by atoms with Crippen molar-refractivity contribution in [2.75, 3.05) is 0 Å². The van der Waals surface area contributed by atoms with Crippen molar-refractivity contribution < 1.29 is 4.79 Å². The predicted octanol–water partition coefficient (Wildman–Crippen LogP) is 4.25. The quantitative estimate of drug-likeness (QED) is 0.775. The number of carbonyl (C=O) groups excluding carboxylic acids is 1. The number of aryl methyl sites for hydroxylation is 2. The van der Waals surface area contributed by atoms with E-state index in [0.717, 1.165) is 23.2 Å². The number of halogens is 1. The summed E-state index contributed by atoms with van der Waals surface area (Å²) in [4.78, 5) is 11.3. The zero-order valence-corrected chi connectivity index (χ0v) is 13.2. The Kier molecular flexibility index (Phi) is 3.74. The monoisotopic (exact) mass is 290 g/mol. The van der Waals surface area contributed by atoms with Gasteiger partial charge in [0.2, 0.25) is 0 Å². The van der Waals surface area contributed by atoms with E-state index in [9.17, 15) is 4.79 Å². The van der Waals surface area contributed by atoms with E-state index in [1.165, 1.54) is 5.56 Å². The molecule has 1 heterocycles. The minimum atomic E-state index is -0.232. The molecule has 20 heavy (non-hydrogen) atoms. The highest BCUT2D eigenvalue weighted by Gasteiger charge is 2.26. The summed E-state index contributed by atoms with van der Waals surface area (Å²) in [6.45, 7) is 10.1. The lowest BCUT2D eigenvalue weighted by Crippen LogP contribution is -2.14. The first-order chi connectivity index (χ1) is 9.25. The van der Waals surface area contributed by atoms with E-state index in [4.69, 9.17) is 11.6 Å². The number of carbonyl (C=O) groups is 1. The zero-order valence-electron chi connectivity index (χ0n) is 12.5. The van der Waals surface area contributed by atoms with E-state index < -0.39 is 0 Å². The average molecular weight is 291 g/mol. The number of nitrogens with zero attached hydrogens (tertiary/aromatic N) is 2. The fourth-order valence-electron chi connectivity index (χ4n) is 2.27. The molecule has 0 unspecified atom stereocenters. The number of aromatic nitrogens is 2. The smallest absolute Gasteiger partial charge is 0.155 e. The van der Waals surface area contributed by atoms with Crippen LogP contribution in [0.2, 0.25) is 5.15 Å². The van der Waals surface area contributed by atoms with Gasteiger partial charge < -0.3 is 0 Å². The van der Waals surface area contributed by atoms with Crippen molar-refractivity contribution in [3.63, 3.8) is 0 Å². The second kappa shape index (κ2) is 5.06. The first kappa shape index (κ1) is 14.8. The van der Waals surface area contributed by atoms with Crippen molar-refractivity contribution in [1.82, 2.24) is 9.78 Å². The zero-order chi connectivity index (χ0) is 15.1. The molecule has 0 fully saturated rings. The number of hydrogen-bond acceptors (Lipinski definition) is 2. The van der Waals surface area contributed by atoms with Gasteiger partial charge in [0, 0.05) is 5.41 Å². The summed E-state index contributed by atoms with van der Waals surface area (Å²) in [5.41, 5.74) is 4.12. The second-order valence-electron chi connectivity index (χ2n) is 6.12. The number of rotatable bonds is 2. The maximum atomic E-state index is 11.3. The van der Waals surface area contributed by atoms with E-state index in [0.29, 0.717) is 10.7 Å². The molecule has 2 rings (SSSR count). The third kappa shape index (κ3) is 2.50. The van der Waals surface area contributed by atoms with Crippen LogP contribution in [0.3, 0.4) is 0 Å². The Morgan fingerprint density at radius 1 is 1.25 bits per heavy atom. The van der Waals surface area contributed by atoms with Crippen LogP contribution in [0.5, 0.6) is 0 Å². The Bertz CT molecular complexity index is 666. The van der Waals surface area contributed by atoms with E-state index >= 15 is 0 Å². The molecular weight excluding hydrogens is 272 g/mol. The molecule has 0 bridgehead atoms. The van der Waals surface area contributed by atoms with Crippen molar-refractivity contribution in [3.8, 4) is 5.69 Å². The first-order valence-electron chi connectivity index (χ1n) is 6.57. The van der Waals surface area contributed by atoms with Gasteiger partial charge in [-0.05, 0) is 25.5 Å². The van der Waals surface area contributed by atoms with Crippen LogP contribution in [0.25, 0.3) is 5.69 Å². The number of aldehydes is 1. The molecular formula is C16H19ClN2O. The van der Waals surface area contributed by atoms with Gasteiger partial charge in [-0.1, -0.05) is 50.1 Å². The Labute approximate surface area is 124 Å². The minimum Gasteiger partial charge on any atom is -0.298 e. The van der Waals surface area contributed by atoms with Crippen LogP contribution in [-0.4, -0.2) is 16.1 Å². The number of benzene rings is 1. The topological polar surface area (TPSA) is 34.9 Å². The maximum absolute atomic E-state index is 11.3. The molecule has 0 saturated heterocycles. The predicted molar refractivity (Wildman–Crippen MR) is 82.1 cm³/mol. The average Bonchev–Trinajstić information content (AvgIpc) is 2.66. The molecule has 0 aliphatic carbocycles. The molecule has 0 spiro atoms. The molecule has 1 aromatic carbocycles. The van der Waals surface area contributed by atoms with Crippen LogP contribution in [0.15, 0.2) is 18.2 Å². The normalized spacial score (nSPS) is 11.7. The molecule has 0 N–H and O–H groups in total. The Morgan fingerprint density at radius 3 is 2.35 bits per heavy atom. The summed E-state index contributed by atoms with van der Waals surface area (Å²) in [7, 11) is 0. The highest BCUT2D eigenvalue weighted by atomic mass is 35.5. The van der Waals surface area contributed by atoms with E-state index in [1.54, 1.807) is 4.68 Å². The molecule has 106 valence electrons. The Balaban J connectivity index is 2.70. The van der Waals surface area contributed by atoms with Crippen molar-refractivity contribution in [2.45, 2.75) is 40.0 Å². The van der Waals surface area contributed by atoms with Gasteiger partial charge in [-0.25, -0.2) is 4.68 Å². The van der Waals surface area contributed by atoms with Crippen molar-refractivity contribution in [3.05, 3.63) is 45.7 Å². The molecule has 1 aromatic heterocycles. The SMILES string of the molecule is Cc1ccc(-n2nc(C(C)(C)C)c(C=O)c2Cl)c(C)c1. The van der Waals surface area contributed by atoms with Gasteiger partial charge >= 0.3 is 0 Å². The highest BCUT2D eigenvalue weighted by molar-refractivity contribution is 6.32. The lowest BCUT2D eigenvalue weighted by Gasteiger charge is -2.15. The largest absolute Gasteiger partial charge is 0.298 e. The van der Waals surface area contributed by atoms with E-state index in [-0.39, 0.29) is 5.41 Å². The summed E-state index contributed by atoms with van der Waals surface area (Å²) >= 11 is 6.35. The van der Waals surface area contributed by atoms with Crippen molar-refractivity contribution in [2.24, 2.45) is 0 Å². The molecule has 0 saturated carbocycles. The highest BCUT2D eigenvalue weighted by Crippen LogP contribution is 2.31. The standard InChI is InChI=1S/C16H19ClN2O/c1-10-6-7-13(11(2)8-10)19-15(17)12(9-20)14(18-19)16(3,4)5/h6-9H,1-5H3. The summed E-state index contributed by atoms with van der Waals surface area (Å²) < 4.78 is 1.65. The van der Waals surface area contributed by atoms with E-state index in [1.807, 2.05) is 46.8 Å². The first-order valence-corrected chi connectivity index (χ1v) is 6.95.